The van der Waals surface area contributed by atoms with Crippen molar-refractivity contribution >= 4 is 23.4 Å². The fraction of sp³-hybridized carbons (Fsp3) is 0.190. The van der Waals surface area contributed by atoms with Crippen molar-refractivity contribution in [2.24, 2.45) is 0 Å². The molecule has 1 heterocycles. The van der Waals surface area contributed by atoms with Crippen molar-refractivity contribution in [3.63, 3.8) is 0 Å². The van der Waals surface area contributed by atoms with E-state index in [4.69, 9.17) is 4.74 Å². The van der Waals surface area contributed by atoms with Gasteiger partial charge in [-0.3, -0.25) is 14.2 Å². The molecular formula is C21H21N3O3S. The summed E-state index contributed by atoms with van der Waals surface area (Å²) in [5, 5.41) is 3.09. The Kier molecular flexibility index (Phi) is 6.49. The van der Waals surface area contributed by atoms with Gasteiger partial charge in [-0.15, -0.1) is 0 Å². The molecule has 0 radical (unpaired) electrons. The minimum atomic E-state index is -0.294. The van der Waals surface area contributed by atoms with E-state index in [1.165, 1.54) is 16.3 Å². The van der Waals surface area contributed by atoms with E-state index in [1.54, 1.807) is 25.4 Å². The van der Waals surface area contributed by atoms with Crippen LogP contribution in [0.4, 0.5) is 5.69 Å². The Balaban J connectivity index is 1.71. The van der Waals surface area contributed by atoms with Gasteiger partial charge in [0.25, 0.3) is 5.56 Å². The lowest BCUT2D eigenvalue weighted by molar-refractivity contribution is -0.113. The zero-order chi connectivity index (χ0) is 19.9. The molecule has 7 heteroatoms. The van der Waals surface area contributed by atoms with Crippen molar-refractivity contribution < 1.29 is 9.53 Å². The fourth-order valence-corrected chi connectivity index (χ4v) is 3.36. The number of amides is 1. The van der Waals surface area contributed by atoms with Crippen molar-refractivity contribution in [1.29, 1.82) is 0 Å². The summed E-state index contributed by atoms with van der Waals surface area (Å²) in [4.78, 5) is 29.1. The number of aryl methyl sites for hydroxylation is 1. The lowest BCUT2D eigenvalue weighted by atomic mass is 10.1. The van der Waals surface area contributed by atoms with Crippen molar-refractivity contribution in [3.05, 3.63) is 76.8 Å². The third kappa shape index (κ3) is 4.61. The van der Waals surface area contributed by atoms with Crippen LogP contribution in [-0.4, -0.2) is 28.3 Å². The van der Waals surface area contributed by atoms with Crippen LogP contribution in [-0.2, 0) is 11.2 Å². The van der Waals surface area contributed by atoms with Crippen LogP contribution in [0, 0.1) is 0 Å². The van der Waals surface area contributed by atoms with Gasteiger partial charge < -0.3 is 10.1 Å². The first-order chi connectivity index (χ1) is 13.6. The SMILES string of the molecule is CCc1ccc(NC(=O)CSc2nccn(-c3ccccc3OC)c2=O)cc1. The van der Waals surface area contributed by atoms with Crippen LogP contribution < -0.4 is 15.6 Å². The molecule has 0 aliphatic rings. The highest BCUT2D eigenvalue weighted by Crippen LogP contribution is 2.21. The van der Waals surface area contributed by atoms with Crippen LogP contribution in [0.1, 0.15) is 12.5 Å². The number of benzene rings is 2. The maximum absolute atomic E-state index is 12.8. The van der Waals surface area contributed by atoms with Gasteiger partial charge in [0.15, 0.2) is 5.03 Å². The van der Waals surface area contributed by atoms with Crippen LogP contribution >= 0.6 is 11.8 Å². The van der Waals surface area contributed by atoms with Gasteiger partial charge in [0.2, 0.25) is 5.91 Å². The van der Waals surface area contributed by atoms with Crippen molar-refractivity contribution in [1.82, 2.24) is 9.55 Å². The number of carbonyl (C=O) groups is 1. The number of aromatic nitrogens is 2. The van der Waals surface area contributed by atoms with Crippen molar-refractivity contribution in [3.8, 4) is 11.4 Å². The number of para-hydroxylation sites is 2. The molecule has 0 unspecified atom stereocenters. The number of thioether (sulfide) groups is 1. The topological polar surface area (TPSA) is 73.2 Å². The monoisotopic (exact) mass is 395 g/mol. The Labute approximate surface area is 167 Å². The smallest absolute Gasteiger partial charge is 0.287 e. The summed E-state index contributed by atoms with van der Waals surface area (Å²) >= 11 is 1.11. The number of anilines is 1. The summed E-state index contributed by atoms with van der Waals surface area (Å²) in [5.74, 6) is 0.483. The van der Waals surface area contributed by atoms with Gasteiger partial charge in [0, 0.05) is 18.1 Å². The third-order valence-electron chi connectivity index (χ3n) is 4.14. The molecule has 0 fully saturated rings. The highest BCUT2D eigenvalue weighted by atomic mass is 32.2. The zero-order valence-corrected chi connectivity index (χ0v) is 16.5. The summed E-state index contributed by atoms with van der Waals surface area (Å²) in [6.45, 7) is 2.08. The van der Waals surface area contributed by atoms with Crippen molar-refractivity contribution in [2.75, 3.05) is 18.2 Å². The summed E-state index contributed by atoms with van der Waals surface area (Å²) in [7, 11) is 1.55. The lowest BCUT2D eigenvalue weighted by Gasteiger charge is -2.11. The predicted molar refractivity (Wildman–Crippen MR) is 112 cm³/mol. The molecule has 0 aliphatic carbocycles. The first kappa shape index (κ1) is 19.7. The number of nitrogens with zero attached hydrogens (tertiary/aromatic N) is 2. The molecule has 0 bridgehead atoms. The number of nitrogens with one attached hydrogen (secondary N) is 1. The molecule has 0 spiro atoms. The average Bonchev–Trinajstić information content (AvgIpc) is 2.73. The van der Waals surface area contributed by atoms with Crippen LogP contribution in [0.25, 0.3) is 5.69 Å². The largest absolute Gasteiger partial charge is 0.495 e. The highest BCUT2D eigenvalue weighted by Gasteiger charge is 2.12. The van der Waals surface area contributed by atoms with E-state index in [0.717, 1.165) is 23.9 Å². The zero-order valence-electron chi connectivity index (χ0n) is 15.7. The number of rotatable bonds is 7. The average molecular weight is 395 g/mol. The maximum atomic E-state index is 12.8. The van der Waals surface area contributed by atoms with E-state index in [2.05, 4.69) is 17.2 Å². The second-order valence-corrected chi connectivity index (χ2v) is 6.93. The van der Waals surface area contributed by atoms with Crippen LogP contribution in [0.15, 0.2) is 70.7 Å². The van der Waals surface area contributed by atoms with Gasteiger partial charge in [-0.2, -0.15) is 0 Å². The molecule has 0 aliphatic heterocycles. The van der Waals surface area contributed by atoms with Gasteiger partial charge >= 0.3 is 0 Å². The lowest BCUT2D eigenvalue weighted by Crippen LogP contribution is -2.22. The molecule has 6 nitrogen and oxygen atoms in total. The molecule has 3 aromatic rings. The van der Waals surface area contributed by atoms with E-state index in [9.17, 15) is 9.59 Å². The van der Waals surface area contributed by atoms with Crippen LogP contribution in [0.2, 0.25) is 0 Å². The predicted octanol–water partition coefficient (Wildman–Crippen LogP) is 3.53. The molecule has 28 heavy (non-hydrogen) atoms. The second kappa shape index (κ2) is 9.23. The molecule has 0 atom stereocenters. The minimum absolute atomic E-state index is 0.0910. The molecule has 0 saturated carbocycles. The van der Waals surface area contributed by atoms with Crippen LogP contribution in [0.5, 0.6) is 5.75 Å². The number of carbonyl (C=O) groups excluding carboxylic acids is 1. The summed E-state index contributed by atoms with van der Waals surface area (Å²) in [6, 6.07) is 14.9. The first-order valence-corrected chi connectivity index (χ1v) is 9.83. The van der Waals surface area contributed by atoms with Gasteiger partial charge in [0.05, 0.1) is 18.6 Å². The Bertz CT molecular complexity index is 1020. The van der Waals surface area contributed by atoms with E-state index in [1.807, 2.05) is 36.4 Å². The van der Waals surface area contributed by atoms with Gasteiger partial charge in [-0.05, 0) is 36.2 Å². The maximum Gasteiger partial charge on any atom is 0.287 e. The van der Waals surface area contributed by atoms with E-state index >= 15 is 0 Å². The third-order valence-corrected chi connectivity index (χ3v) is 5.10. The van der Waals surface area contributed by atoms with E-state index in [0.29, 0.717) is 11.4 Å². The van der Waals surface area contributed by atoms with Crippen LogP contribution in [0.3, 0.4) is 0 Å². The molecule has 0 saturated heterocycles. The van der Waals surface area contributed by atoms with Gasteiger partial charge in [0.1, 0.15) is 5.75 Å². The molecular weight excluding hydrogens is 374 g/mol. The van der Waals surface area contributed by atoms with E-state index in [-0.39, 0.29) is 22.2 Å². The Hall–Kier alpha value is -3.06. The Morgan fingerprint density at radius 2 is 1.93 bits per heavy atom. The normalized spacial score (nSPS) is 10.5. The Morgan fingerprint density at radius 1 is 1.18 bits per heavy atom. The summed E-state index contributed by atoms with van der Waals surface area (Å²) in [5.41, 5.74) is 2.27. The molecule has 3 rings (SSSR count). The van der Waals surface area contributed by atoms with Gasteiger partial charge in [-0.1, -0.05) is 43.0 Å². The highest BCUT2D eigenvalue weighted by molar-refractivity contribution is 7.99. The Morgan fingerprint density at radius 3 is 2.64 bits per heavy atom. The molecule has 2 aromatic carbocycles. The van der Waals surface area contributed by atoms with Gasteiger partial charge in [-0.25, -0.2) is 4.98 Å². The number of methoxy groups -OCH3 is 1. The quantitative estimate of drug-likeness (QED) is 0.620. The molecule has 1 aromatic heterocycles. The first-order valence-electron chi connectivity index (χ1n) is 8.85. The molecule has 144 valence electrons. The number of hydrogen-bond acceptors (Lipinski definition) is 5. The van der Waals surface area contributed by atoms with E-state index < -0.39 is 0 Å². The second-order valence-electron chi connectivity index (χ2n) is 5.97. The molecule has 1 amide bonds. The standard InChI is InChI=1S/C21H21N3O3S/c1-3-15-8-10-16(11-9-15)23-19(25)14-28-20-21(26)24(13-12-22-20)17-6-4-5-7-18(17)27-2/h4-13H,3,14H2,1-2H3,(H,23,25). The number of ether oxygens (including phenoxy) is 1. The number of hydrogen-bond donors (Lipinski definition) is 1. The molecule has 1 N–H and O–H groups in total. The fourth-order valence-electron chi connectivity index (χ4n) is 2.67. The van der Waals surface area contributed by atoms with Crippen molar-refractivity contribution in [2.45, 2.75) is 18.4 Å². The summed E-state index contributed by atoms with van der Waals surface area (Å²) in [6.07, 6.45) is 4.07. The minimum Gasteiger partial charge on any atom is -0.495 e. The summed E-state index contributed by atoms with van der Waals surface area (Å²) < 4.78 is 6.79.